The van der Waals surface area contributed by atoms with Crippen molar-refractivity contribution in [1.82, 2.24) is 14.4 Å². The molecule has 6 heteroatoms. The van der Waals surface area contributed by atoms with Gasteiger partial charge in [0.25, 0.3) is 5.56 Å². The van der Waals surface area contributed by atoms with Crippen LogP contribution in [-0.2, 0) is 13.1 Å². The van der Waals surface area contributed by atoms with Crippen LogP contribution in [-0.4, -0.2) is 39.8 Å². The molecule has 1 aliphatic heterocycles. The number of hydrogen-bond acceptors (Lipinski definition) is 4. The number of methoxy groups -OCH3 is 1. The van der Waals surface area contributed by atoms with E-state index in [1.54, 1.807) is 11.8 Å². The molecule has 112 valence electrons. The lowest BCUT2D eigenvalue weighted by Gasteiger charge is -2.11. The maximum Gasteiger partial charge on any atom is 0.278 e. The fourth-order valence-corrected chi connectivity index (χ4v) is 2.84. The van der Waals surface area contributed by atoms with Gasteiger partial charge in [0, 0.05) is 13.1 Å². The molecule has 0 saturated carbocycles. The van der Waals surface area contributed by atoms with Gasteiger partial charge in [0.05, 0.1) is 20.2 Å². The van der Waals surface area contributed by atoms with Gasteiger partial charge in [0.15, 0.2) is 0 Å². The summed E-state index contributed by atoms with van der Waals surface area (Å²) in [5, 5.41) is 10.9. The van der Waals surface area contributed by atoms with Crippen molar-refractivity contribution >= 4 is 0 Å². The minimum atomic E-state index is -0.0727. The maximum absolute atomic E-state index is 12.8. The summed E-state index contributed by atoms with van der Waals surface area (Å²) in [6.45, 7) is 3.84. The lowest BCUT2D eigenvalue weighted by atomic mass is 10.0. The molecule has 1 N–H and O–H groups in total. The van der Waals surface area contributed by atoms with Crippen LogP contribution in [0.1, 0.15) is 5.56 Å². The Morgan fingerprint density at radius 3 is 2.43 bits per heavy atom. The summed E-state index contributed by atoms with van der Waals surface area (Å²) in [6, 6.07) is 7.79. The SMILES string of the molecule is COc1c(-c2ccccc2C)c(=O)n2n1CCN(O)CC2. The standard InChI is InChI=1S/C15H19N3O3/c1-11-5-3-4-6-12(11)13-14(19)17-9-7-16(20)8-10-18(17)15(13)21-2/h3-6,20H,7-10H2,1-2H3. The van der Waals surface area contributed by atoms with Crippen LogP contribution < -0.4 is 10.3 Å². The first-order valence-corrected chi connectivity index (χ1v) is 7.01. The summed E-state index contributed by atoms with van der Waals surface area (Å²) < 4.78 is 8.98. The van der Waals surface area contributed by atoms with Crippen LogP contribution in [0.15, 0.2) is 29.1 Å². The second kappa shape index (κ2) is 5.38. The number of hydroxylamine groups is 2. The Hall–Kier alpha value is -2.05. The van der Waals surface area contributed by atoms with E-state index in [4.69, 9.17) is 4.74 Å². The van der Waals surface area contributed by atoms with Crippen molar-refractivity contribution in [3.8, 4) is 17.0 Å². The number of aromatic nitrogens is 2. The number of fused-ring (bicyclic) bond motifs is 1. The molecule has 0 atom stereocenters. The van der Waals surface area contributed by atoms with E-state index >= 15 is 0 Å². The van der Waals surface area contributed by atoms with Crippen LogP contribution in [0.5, 0.6) is 5.88 Å². The Labute approximate surface area is 122 Å². The summed E-state index contributed by atoms with van der Waals surface area (Å²) >= 11 is 0. The van der Waals surface area contributed by atoms with Gasteiger partial charge >= 0.3 is 0 Å². The van der Waals surface area contributed by atoms with E-state index < -0.39 is 0 Å². The van der Waals surface area contributed by atoms with Gasteiger partial charge in [-0.15, -0.1) is 0 Å². The number of hydrogen-bond donors (Lipinski definition) is 1. The molecule has 0 amide bonds. The molecule has 21 heavy (non-hydrogen) atoms. The number of aryl methyl sites for hydroxylation is 1. The average molecular weight is 289 g/mol. The lowest BCUT2D eigenvalue weighted by molar-refractivity contribution is -0.0895. The predicted octanol–water partition coefficient (Wildman–Crippen LogP) is 1.34. The fraction of sp³-hybridized carbons (Fsp3) is 0.400. The fourth-order valence-electron chi connectivity index (χ4n) is 2.84. The molecule has 0 bridgehead atoms. The van der Waals surface area contributed by atoms with Gasteiger partial charge in [0.2, 0.25) is 5.88 Å². The zero-order valence-electron chi connectivity index (χ0n) is 12.2. The maximum atomic E-state index is 12.8. The first-order valence-electron chi connectivity index (χ1n) is 7.01. The normalized spacial score (nSPS) is 15.6. The predicted molar refractivity (Wildman–Crippen MR) is 78.8 cm³/mol. The molecule has 1 aromatic carbocycles. The Kier molecular flexibility index (Phi) is 3.57. The first kappa shape index (κ1) is 13.9. The van der Waals surface area contributed by atoms with Crippen LogP contribution in [0.4, 0.5) is 0 Å². The van der Waals surface area contributed by atoms with Crippen molar-refractivity contribution in [2.45, 2.75) is 20.0 Å². The van der Waals surface area contributed by atoms with E-state index in [0.717, 1.165) is 11.1 Å². The van der Waals surface area contributed by atoms with Gasteiger partial charge in [-0.25, -0.2) is 9.36 Å². The molecule has 2 aromatic rings. The highest BCUT2D eigenvalue weighted by Crippen LogP contribution is 2.30. The Balaban J connectivity index is 2.22. The molecule has 0 unspecified atom stereocenters. The van der Waals surface area contributed by atoms with E-state index in [1.165, 1.54) is 5.06 Å². The van der Waals surface area contributed by atoms with Crippen LogP contribution in [0.2, 0.25) is 0 Å². The van der Waals surface area contributed by atoms with E-state index in [1.807, 2.05) is 35.9 Å². The first-order chi connectivity index (χ1) is 10.1. The van der Waals surface area contributed by atoms with Crippen molar-refractivity contribution in [2.24, 2.45) is 0 Å². The second-order valence-electron chi connectivity index (χ2n) is 5.20. The van der Waals surface area contributed by atoms with Crippen molar-refractivity contribution < 1.29 is 9.94 Å². The molecule has 2 heterocycles. The van der Waals surface area contributed by atoms with E-state index in [0.29, 0.717) is 37.6 Å². The highest BCUT2D eigenvalue weighted by molar-refractivity contribution is 5.71. The summed E-state index contributed by atoms with van der Waals surface area (Å²) in [5.41, 5.74) is 2.46. The van der Waals surface area contributed by atoms with Gasteiger partial charge in [0.1, 0.15) is 5.56 Å². The smallest absolute Gasteiger partial charge is 0.278 e. The topological polar surface area (TPSA) is 59.6 Å². The van der Waals surface area contributed by atoms with Gasteiger partial charge in [-0.05, 0) is 18.1 Å². The van der Waals surface area contributed by atoms with Crippen molar-refractivity contribution in [3.63, 3.8) is 0 Å². The number of rotatable bonds is 2. The Morgan fingerprint density at radius 1 is 1.10 bits per heavy atom. The second-order valence-corrected chi connectivity index (χ2v) is 5.20. The van der Waals surface area contributed by atoms with Crippen LogP contribution in [0.25, 0.3) is 11.1 Å². The highest BCUT2D eigenvalue weighted by Gasteiger charge is 2.25. The quantitative estimate of drug-likeness (QED) is 0.906. The molecular weight excluding hydrogens is 270 g/mol. The third-order valence-corrected chi connectivity index (χ3v) is 3.94. The minimum absolute atomic E-state index is 0.0727. The van der Waals surface area contributed by atoms with Gasteiger partial charge in [-0.1, -0.05) is 24.3 Å². The molecule has 0 fully saturated rings. The zero-order valence-corrected chi connectivity index (χ0v) is 12.2. The highest BCUT2D eigenvalue weighted by atomic mass is 16.5. The van der Waals surface area contributed by atoms with E-state index in [9.17, 15) is 10.0 Å². The molecule has 1 aromatic heterocycles. The molecule has 0 spiro atoms. The molecule has 3 rings (SSSR count). The lowest BCUT2D eigenvalue weighted by Crippen LogP contribution is -2.25. The van der Waals surface area contributed by atoms with Crippen LogP contribution in [0.3, 0.4) is 0 Å². The third-order valence-electron chi connectivity index (χ3n) is 3.94. The average Bonchev–Trinajstić information content (AvgIpc) is 2.61. The van der Waals surface area contributed by atoms with Crippen LogP contribution in [0, 0.1) is 6.92 Å². The monoisotopic (exact) mass is 289 g/mol. The number of ether oxygens (including phenoxy) is 1. The summed E-state index contributed by atoms with van der Waals surface area (Å²) in [7, 11) is 1.58. The Morgan fingerprint density at radius 2 is 1.76 bits per heavy atom. The largest absolute Gasteiger partial charge is 0.481 e. The van der Waals surface area contributed by atoms with E-state index in [-0.39, 0.29) is 5.56 Å². The molecule has 1 aliphatic rings. The third kappa shape index (κ3) is 2.26. The molecule has 6 nitrogen and oxygen atoms in total. The van der Waals surface area contributed by atoms with Gasteiger partial charge in [-0.3, -0.25) is 4.79 Å². The summed E-state index contributed by atoms with van der Waals surface area (Å²) in [5.74, 6) is 0.560. The number of nitrogens with zero attached hydrogens (tertiary/aromatic N) is 3. The molecule has 0 saturated heterocycles. The van der Waals surface area contributed by atoms with Crippen molar-refractivity contribution in [1.29, 1.82) is 0 Å². The minimum Gasteiger partial charge on any atom is -0.481 e. The summed E-state index contributed by atoms with van der Waals surface area (Å²) in [6.07, 6.45) is 0. The Bertz CT molecular complexity index is 717. The zero-order chi connectivity index (χ0) is 15.0. The van der Waals surface area contributed by atoms with Gasteiger partial charge < -0.3 is 9.94 Å². The number of benzene rings is 1. The van der Waals surface area contributed by atoms with Crippen molar-refractivity contribution in [3.05, 3.63) is 40.2 Å². The molecular formula is C15H19N3O3. The van der Waals surface area contributed by atoms with Crippen LogP contribution >= 0.6 is 0 Å². The summed E-state index contributed by atoms with van der Waals surface area (Å²) in [4.78, 5) is 12.8. The van der Waals surface area contributed by atoms with Gasteiger partial charge in [-0.2, -0.15) is 5.06 Å². The van der Waals surface area contributed by atoms with Crippen molar-refractivity contribution in [2.75, 3.05) is 20.2 Å². The molecule has 0 aliphatic carbocycles. The molecule has 0 radical (unpaired) electrons. The van der Waals surface area contributed by atoms with E-state index in [2.05, 4.69) is 0 Å².